The first-order chi connectivity index (χ1) is 4.88. The molecule has 0 aromatic rings. The van der Waals surface area contributed by atoms with Gasteiger partial charge in [0.1, 0.15) is 0 Å². The van der Waals surface area contributed by atoms with Crippen molar-refractivity contribution in [1.29, 1.82) is 0 Å². The van der Waals surface area contributed by atoms with E-state index in [1.165, 1.54) is 5.57 Å². The van der Waals surface area contributed by atoms with Crippen LogP contribution in [0.1, 0.15) is 20.8 Å². The third kappa shape index (κ3) is 4.20. The van der Waals surface area contributed by atoms with Crippen LogP contribution in [0.2, 0.25) is 0 Å². The van der Waals surface area contributed by atoms with E-state index in [0.717, 1.165) is 4.48 Å². The molecule has 0 aliphatic rings. The van der Waals surface area contributed by atoms with E-state index in [-0.39, 0.29) is 5.41 Å². The Morgan fingerprint density at radius 3 is 1.91 bits per heavy atom. The highest BCUT2D eigenvalue weighted by atomic mass is 79.9. The topological polar surface area (TPSA) is 0 Å². The molecule has 0 bridgehead atoms. The van der Waals surface area contributed by atoms with Gasteiger partial charge in [0, 0.05) is 4.48 Å². The summed E-state index contributed by atoms with van der Waals surface area (Å²) in [4.78, 5) is 0. The standard InChI is InChI=1S/C10H15Br/c1-6-9(7-8(2)11)10(3,4)5/h6-7H,1-2H2,3-5H3/b9-7+. The Morgan fingerprint density at radius 1 is 1.36 bits per heavy atom. The van der Waals surface area contributed by atoms with E-state index in [9.17, 15) is 0 Å². The summed E-state index contributed by atoms with van der Waals surface area (Å²) in [5.74, 6) is 0. The lowest BCUT2D eigenvalue weighted by Crippen LogP contribution is -2.06. The number of hydrogen-bond donors (Lipinski definition) is 0. The Morgan fingerprint density at radius 2 is 1.82 bits per heavy atom. The lowest BCUT2D eigenvalue weighted by Gasteiger charge is -2.19. The first kappa shape index (κ1) is 10.7. The molecular formula is C10H15Br. The van der Waals surface area contributed by atoms with Gasteiger partial charge in [-0.1, -0.05) is 55.9 Å². The lowest BCUT2D eigenvalue weighted by atomic mass is 9.86. The van der Waals surface area contributed by atoms with Crippen molar-refractivity contribution in [3.8, 4) is 0 Å². The van der Waals surface area contributed by atoms with E-state index < -0.39 is 0 Å². The van der Waals surface area contributed by atoms with Gasteiger partial charge in [-0.15, -0.1) is 0 Å². The molecule has 0 saturated carbocycles. The lowest BCUT2D eigenvalue weighted by molar-refractivity contribution is 0.517. The first-order valence-corrected chi connectivity index (χ1v) is 4.36. The maximum absolute atomic E-state index is 3.75. The predicted molar refractivity (Wildman–Crippen MR) is 55.8 cm³/mol. The van der Waals surface area contributed by atoms with Crippen LogP contribution in [-0.4, -0.2) is 0 Å². The minimum absolute atomic E-state index is 0.151. The molecule has 1 heteroatoms. The molecule has 0 aliphatic carbocycles. The summed E-state index contributed by atoms with van der Waals surface area (Å²) in [5.41, 5.74) is 1.35. The zero-order chi connectivity index (χ0) is 9.07. The minimum Gasteiger partial charge on any atom is -0.0988 e. The molecule has 0 heterocycles. The molecular weight excluding hydrogens is 200 g/mol. The quantitative estimate of drug-likeness (QED) is 0.609. The van der Waals surface area contributed by atoms with Crippen LogP contribution in [0.5, 0.6) is 0 Å². The van der Waals surface area contributed by atoms with Gasteiger partial charge in [0.2, 0.25) is 0 Å². The number of allylic oxidation sites excluding steroid dienone is 4. The molecule has 0 rings (SSSR count). The van der Waals surface area contributed by atoms with Crippen molar-refractivity contribution < 1.29 is 0 Å². The number of halogens is 1. The van der Waals surface area contributed by atoms with Crippen LogP contribution < -0.4 is 0 Å². The SMILES string of the molecule is C=C/C(=C\C(=C)Br)C(C)(C)C. The Hall–Kier alpha value is -0.300. The molecule has 0 amide bonds. The third-order valence-electron chi connectivity index (χ3n) is 1.40. The third-order valence-corrected chi connectivity index (χ3v) is 1.63. The normalized spacial score (nSPS) is 12.9. The van der Waals surface area contributed by atoms with Crippen LogP contribution in [0.15, 0.2) is 35.4 Å². The van der Waals surface area contributed by atoms with Crippen molar-refractivity contribution in [2.75, 3.05) is 0 Å². The van der Waals surface area contributed by atoms with Crippen LogP contribution in [0.25, 0.3) is 0 Å². The second kappa shape index (κ2) is 3.91. The Labute approximate surface area is 77.8 Å². The van der Waals surface area contributed by atoms with Gasteiger partial charge in [0.15, 0.2) is 0 Å². The van der Waals surface area contributed by atoms with Gasteiger partial charge in [0.25, 0.3) is 0 Å². The summed E-state index contributed by atoms with van der Waals surface area (Å²) in [6.07, 6.45) is 3.86. The van der Waals surface area contributed by atoms with E-state index in [0.29, 0.717) is 0 Å². The molecule has 0 N–H and O–H groups in total. The van der Waals surface area contributed by atoms with Crippen LogP contribution >= 0.6 is 15.9 Å². The molecule has 0 nitrogen and oxygen atoms in total. The van der Waals surface area contributed by atoms with E-state index in [1.54, 1.807) is 0 Å². The molecule has 0 fully saturated rings. The van der Waals surface area contributed by atoms with Gasteiger partial charge in [-0.3, -0.25) is 0 Å². The zero-order valence-corrected chi connectivity index (χ0v) is 9.03. The molecule has 0 unspecified atom stereocenters. The van der Waals surface area contributed by atoms with E-state index >= 15 is 0 Å². The fourth-order valence-corrected chi connectivity index (χ4v) is 0.997. The molecule has 0 aliphatic heterocycles. The average molecular weight is 215 g/mol. The fraction of sp³-hybridized carbons (Fsp3) is 0.400. The van der Waals surface area contributed by atoms with E-state index in [1.807, 2.05) is 12.2 Å². The molecule has 0 aromatic heterocycles. The zero-order valence-electron chi connectivity index (χ0n) is 7.45. The second-order valence-corrected chi connectivity index (χ2v) is 4.52. The number of hydrogen-bond acceptors (Lipinski definition) is 0. The Bertz CT molecular complexity index is 191. The van der Waals surface area contributed by atoms with Crippen LogP contribution in [-0.2, 0) is 0 Å². The summed E-state index contributed by atoms with van der Waals surface area (Å²) in [6, 6.07) is 0. The van der Waals surface area contributed by atoms with E-state index in [4.69, 9.17) is 0 Å². The number of rotatable bonds is 2. The minimum atomic E-state index is 0.151. The monoisotopic (exact) mass is 214 g/mol. The molecule has 0 aromatic carbocycles. The highest BCUT2D eigenvalue weighted by Gasteiger charge is 2.13. The molecule has 62 valence electrons. The Balaban J connectivity index is 4.68. The van der Waals surface area contributed by atoms with Crippen molar-refractivity contribution in [3.05, 3.63) is 35.4 Å². The maximum Gasteiger partial charge on any atom is 0.0106 e. The highest BCUT2D eigenvalue weighted by molar-refractivity contribution is 9.11. The van der Waals surface area contributed by atoms with Crippen LogP contribution in [0.4, 0.5) is 0 Å². The van der Waals surface area contributed by atoms with E-state index in [2.05, 4.69) is 49.9 Å². The fourth-order valence-electron chi connectivity index (χ4n) is 0.750. The summed E-state index contributed by atoms with van der Waals surface area (Å²) < 4.78 is 0.891. The molecule has 11 heavy (non-hydrogen) atoms. The van der Waals surface area contributed by atoms with Crippen molar-refractivity contribution in [3.63, 3.8) is 0 Å². The molecule has 0 radical (unpaired) electrons. The molecule has 0 saturated heterocycles. The molecule has 0 atom stereocenters. The maximum atomic E-state index is 3.75. The largest absolute Gasteiger partial charge is 0.0988 e. The Kier molecular flexibility index (Phi) is 3.81. The van der Waals surface area contributed by atoms with Gasteiger partial charge >= 0.3 is 0 Å². The molecule has 0 spiro atoms. The summed E-state index contributed by atoms with van der Waals surface area (Å²) in [6.45, 7) is 13.9. The van der Waals surface area contributed by atoms with Gasteiger partial charge in [0.05, 0.1) is 0 Å². The predicted octanol–water partition coefficient (Wildman–Crippen LogP) is 4.05. The van der Waals surface area contributed by atoms with Crippen molar-refractivity contribution in [2.24, 2.45) is 5.41 Å². The average Bonchev–Trinajstić information content (AvgIpc) is 1.79. The first-order valence-electron chi connectivity index (χ1n) is 3.57. The van der Waals surface area contributed by atoms with Gasteiger partial charge in [-0.2, -0.15) is 0 Å². The second-order valence-electron chi connectivity index (χ2n) is 3.50. The highest BCUT2D eigenvalue weighted by Crippen LogP contribution is 2.27. The van der Waals surface area contributed by atoms with Crippen LogP contribution in [0, 0.1) is 5.41 Å². The summed E-state index contributed by atoms with van der Waals surface area (Å²) >= 11 is 3.29. The van der Waals surface area contributed by atoms with Crippen molar-refractivity contribution in [1.82, 2.24) is 0 Å². The van der Waals surface area contributed by atoms with Gasteiger partial charge in [-0.25, -0.2) is 0 Å². The van der Waals surface area contributed by atoms with Crippen molar-refractivity contribution in [2.45, 2.75) is 20.8 Å². The summed E-state index contributed by atoms with van der Waals surface area (Å²) in [7, 11) is 0. The summed E-state index contributed by atoms with van der Waals surface area (Å²) in [5, 5.41) is 0. The van der Waals surface area contributed by atoms with Crippen molar-refractivity contribution >= 4 is 15.9 Å². The van der Waals surface area contributed by atoms with Gasteiger partial charge < -0.3 is 0 Å². The van der Waals surface area contributed by atoms with Crippen LogP contribution in [0.3, 0.4) is 0 Å². The van der Waals surface area contributed by atoms with Gasteiger partial charge in [-0.05, 0) is 17.1 Å². The smallest absolute Gasteiger partial charge is 0.0106 e.